The maximum Gasteiger partial charge on any atom is 0.212 e. The van der Waals surface area contributed by atoms with Crippen molar-refractivity contribution >= 4 is 5.78 Å². The van der Waals surface area contributed by atoms with Crippen LogP contribution in [0, 0.1) is 0 Å². The zero-order valence-electron chi connectivity index (χ0n) is 7.91. The molecule has 1 aromatic rings. The second-order valence-corrected chi connectivity index (χ2v) is 2.76. The largest absolute Gasteiger partial charge is 0.481 e. The number of carbonyl (C=O) groups excluding carboxylic acids is 1. The number of nitrogens with zero attached hydrogens (tertiary/aromatic N) is 1. The highest BCUT2D eigenvalue weighted by Gasteiger charge is 2.04. The summed E-state index contributed by atoms with van der Waals surface area (Å²) in [6, 6.07) is 3.44. The molecule has 0 aromatic carbocycles. The zero-order chi connectivity index (χ0) is 9.68. The minimum absolute atomic E-state index is 0.137. The van der Waals surface area contributed by atoms with E-state index in [1.54, 1.807) is 25.4 Å². The number of carbonyl (C=O) groups is 1. The second-order valence-electron chi connectivity index (χ2n) is 2.76. The fourth-order valence-electron chi connectivity index (χ4n) is 1.04. The van der Waals surface area contributed by atoms with Gasteiger partial charge in [-0.25, -0.2) is 4.98 Å². The molecule has 13 heavy (non-hydrogen) atoms. The molecule has 0 spiro atoms. The lowest BCUT2D eigenvalue weighted by Gasteiger charge is -2.00. The third kappa shape index (κ3) is 2.54. The molecule has 0 aliphatic carbocycles. The van der Waals surface area contributed by atoms with Gasteiger partial charge in [0.1, 0.15) is 0 Å². The number of aromatic nitrogens is 1. The molecule has 1 aromatic heterocycles. The highest BCUT2D eigenvalue weighted by molar-refractivity contribution is 5.95. The Labute approximate surface area is 77.8 Å². The third-order valence-electron chi connectivity index (χ3n) is 1.74. The van der Waals surface area contributed by atoms with E-state index in [1.165, 1.54) is 0 Å². The SMILES string of the molecule is CCCC(=O)c1ccc(OC)nc1. The Morgan fingerprint density at radius 2 is 2.31 bits per heavy atom. The third-order valence-corrected chi connectivity index (χ3v) is 1.74. The molecule has 0 atom stereocenters. The predicted octanol–water partition coefficient (Wildman–Crippen LogP) is 2.07. The maximum absolute atomic E-state index is 11.4. The lowest BCUT2D eigenvalue weighted by molar-refractivity contribution is 0.0981. The van der Waals surface area contributed by atoms with Crippen LogP contribution in [0.15, 0.2) is 18.3 Å². The van der Waals surface area contributed by atoms with E-state index in [0.29, 0.717) is 17.9 Å². The molecule has 1 heterocycles. The Kier molecular flexibility index (Phi) is 3.43. The van der Waals surface area contributed by atoms with Gasteiger partial charge in [-0.3, -0.25) is 4.79 Å². The van der Waals surface area contributed by atoms with E-state index < -0.39 is 0 Å². The smallest absolute Gasteiger partial charge is 0.212 e. The highest BCUT2D eigenvalue weighted by atomic mass is 16.5. The van der Waals surface area contributed by atoms with Crippen molar-refractivity contribution in [1.29, 1.82) is 0 Å². The molecule has 0 saturated carbocycles. The van der Waals surface area contributed by atoms with Gasteiger partial charge in [0.2, 0.25) is 5.88 Å². The van der Waals surface area contributed by atoms with Gasteiger partial charge in [0.15, 0.2) is 5.78 Å². The first-order valence-electron chi connectivity index (χ1n) is 4.31. The Morgan fingerprint density at radius 3 is 2.77 bits per heavy atom. The van der Waals surface area contributed by atoms with Gasteiger partial charge < -0.3 is 4.74 Å². The van der Waals surface area contributed by atoms with Crippen molar-refractivity contribution in [2.24, 2.45) is 0 Å². The lowest BCUT2D eigenvalue weighted by Crippen LogP contribution is -1.99. The van der Waals surface area contributed by atoms with Gasteiger partial charge in [0.25, 0.3) is 0 Å². The van der Waals surface area contributed by atoms with E-state index in [4.69, 9.17) is 4.74 Å². The van der Waals surface area contributed by atoms with Crippen LogP contribution in [-0.2, 0) is 0 Å². The molecule has 0 unspecified atom stereocenters. The van der Waals surface area contributed by atoms with Crippen LogP contribution in [0.1, 0.15) is 30.1 Å². The van der Waals surface area contributed by atoms with Crippen molar-refractivity contribution < 1.29 is 9.53 Å². The number of Topliss-reactive ketones (excluding diaryl/α,β-unsaturated/α-hetero) is 1. The van der Waals surface area contributed by atoms with Crippen LogP contribution in [0.2, 0.25) is 0 Å². The van der Waals surface area contributed by atoms with Crippen LogP contribution in [0.25, 0.3) is 0 Å². The first kappa shape index (κ1) is 9.71. The van der Waals surface area contributed by atoms with Gasteiger partial charge in [-0.1, -0.05) is 6.92 Å². The van der Waals surface area contributed by atoms with Crippen molar-refractivity contribution in [1.82, 2.24) is 4.98 Å². The quantitative estimate of drug-likeness (QED) is 0.664. The summed E-state index contributed by atoms with van der Waals surface area (Å²) in [5.41, 5.74) is 0.655. The van der Waals surface area contributed by atoms with Crippen LogP contribution in [0.5, 0.6) is 5.88 Å². The molecule has 0 fully saturated rings. The van der Waals surface area contributed by atoms with Gasteiger partial charge in [0, 0.05) is 24.2 Å². The topological polar surface area (TPSA) is 39.2 Å². The number of ether oxygens (including phenoxy) is 1. The van der Waals surface area contributed by atoms with E-state index >= 15 is 0 Å². The average Bonchev–Trinajstić information content (AvgIpc) is 2.18. The van der Waals surface area contributed by atoms with Gasteiger partial charge in [-0.15, -0.1) is 0 Å². The fourth-order valence-corrected chi connectivity index (χ4v) is 1.04. The van der Waals surface area contributed by atoms with Crippen LogP contribution in [-0.4, -0.2) is 17.9 Å². The average molecular weight is 179 g/mol. The van der Waals surface area contributed by atoms with Gasteiger partial charge in [-0.05, 0) is 12.5 Å². The Hall–Kier alpha value is -1.38. The molecular formula is C10H13NO2. The van der Waals surface area contributed by atoms with Crippen LogP contribution < -0.4 is 4.74 Å². The summed E-state index contributed by atoms with van der Waals surface area (Å²) < 4.78 is 4.89. The molecule has 0 N–H and O–H groups in total. The number of ketones is 1. The van der Waals surface area contributed by atoms with Crippen LogP contribution in [0.4, 0.5) is 0 Å². The van der Waals surface area contributed by atoms with E-state index in [9.17, 15) is 4.79 Å². The van der Waals surface area contributed by atoms with E-state index in [0.717, 1.165) is 6.42 Å². The highest BCUT2D eigenvalue weighted by Crippen LogP contribution is 2.09. The second kappa shape index (κ2) is 4.60. The Bertz CT molecular complexity index is 279. The molecule has 3 nitrogen and oxygen atoms in total. The predicted molar refractivity (Wildman–Crippen MR) is 50.0 cm³/mol. The van der Waals surface area contributed by atoms with E-state index in [-0.39, 0.29) is 5.78 Å². The van der Waals surface area contributed by atoms with Crippen LogP contribution >= 0.6 is 0 Å². The minimum Gasteiger partial charge on any atom is -0.481 e. The Morgan fingerprint density at radius 1 is 1.54 bits per heavy atom. The minimum atomic E-state index is 0.137. The first-order valence-corrected chi connectivity index (χ1v) is 4.31. The van der Waals surface area contributed by atoms with Crippen LogP contribution in [0.3, 0.4) is 0 Å². The molecule has 3 heteroatoms. The molecule has 1 rings (SSSR count). The molecule has 0 aliphatic heterocycles. The maximum atomic E-state index is 11.4. The molecule has 0 radical (unpaired) electrons. The molecule has 0 saturated heterocycles. The molecule has 70 valence electrons. The number of hydrogen-bond acceptors (Lipinski definition) is 3. The summed E-state index contributed by atoms with van der Waals surface area (Å²) in [5.74, 6) is 0.672. The van der Waals surface area contributed by atoms with Crippen molar-refractivity contribution in [2.75, 3.05) is 7.11 Å². The molecule has 0 bridgehead atoms. The number of hydrogen-bond donors (Lipinski definition) is 0. The molecule has 0 aliphatic rings. The summed E-state index contributed by atoms with van der Waals surface area (Å²) in [7, 11) is 1.55. The Balaban J connectivity index is 2.74. The number of rotatable bonds is 4. The fraction of sp³-hybridized carbons (Fsp3) is 0.400. The van der Waals surface area contributed by atoms with E-state index in [2.05, 4.69) is 4.98 Å². The summed E-state index contributed by atoms with van der Waals surface area (Å²) in [6.45, 7) is 1.98. The van der Waals surface area contributed by atoms with Gasteiger partial charge >= 0.3 is 0 Å². The summed E-state index contributed by atoms with van der Waals surface area (Å²) in [4.78, 5) is 15.3. The molecular weight excluding hydrogens is 166 g/mol. The summed E-state index contributed by atoms with van der Waals surface area (Å²) in [5, 5.41) is 0. The number of pyridine rings is 1. The summed E-state index contributed by atoms with van der Waals surface area (Å²) >= 11 is 0. The van der Waals surface area contributed by atoms with Crippen molar-refractivity contribution in [2.45, 2.75) is 19.8 Å². The van der Waals surface area contributed by atoms with Crippen molar-refractivity contribution in [3.63, 3.8) is 0 Å². The van der Waals surface area contributed by atoms with Gasteiger partial charge in [-0.2, -0.15) is 0 Å². The summed E-state index contributed by atoms with van der Waals surface area (Å²) in [6.07, 6.45) is 3.00. The zero-order valence-corrected chi connectivity index (χ0v) is 7.91. The standard InChI is InChI=1S/C10H13NO2/c1-3-4-9(12)8-5-6-10(13-2)11-7-8/h5-7H,3-4H2,1-2H3. The van der Waals surface area contributed by atoms with Crippen molar-refractivity contribution in [3.05, 3.63) is 23.9 Å². The molecule has 0 amide bonds. The number of methoxy groups -OCH3 is 1. The normalized spacial score (nSPS) is 9.69. The van der Waals surface area contributed by atoms with E-state index in [1.807, 2.05) is 6.92 Å². The first-order chi connectivity index (χ1) is 6.27. The lowest BCUT2D eigenvalue weighted by atomic mass is 10.1. The monoisotopic (exact) mass is 179 g/mol. The van der Waals surface area contributed by atoms with Crippen molar-refractivity contribution in [3.8, 4) is 5.88 Å². The van der Waals surface area contributed by atoms with Gasteiger partial charge in [0.05, 0.1) is 7.11 Å².